The first-order valence-electron chi connectivity index (χ1n) is 7.02. The summed E-state index contributed by atoms with van der Waals surface area (Å²) in [6.07, 6.45) is 4.44. The maximum absolute atomic E-state index is 11.9. The highest BCUT2D eigenvalue weighted by molar-refractivity contribution is 5.84. The van der Waals surface area contributed by atoms with Gasteiger partial charge in [-0.15, -0.1) is 0 Å². The number of rotatable bonds is 7. The Morgan fingerprint density at radius 3 is 2.83 bits per heavy atom. The van der Waals surface area contributed by atoms with E-state index in [4.69, 9.17) is 0 Å². The number of hydrogen-bond donors (Lipinski definition) is 2. The molecule has 2 amide bonds. The molecule has 1 aliphatic heterocycles. The molecule has 5 nitrogen and oxygen atoms in total. The van der Waals surface area contributed by atoms with Crippen molar-refractivity contribution in [1.82, 2.24) is 15.5 Å². The van der Waals surface area contributed by atoms with Crippen LogP contribution in [0.2, 0.25) is 0 Å². The Morgan fingerprint density at radius 2 is 2.17 bits per heavy atom. The van der Waals surface area contributed by atoms with Crippen LogP contribution in [-0.2, 0) is 9.59 Å². The molecule has 1 aliphatic carbocycles. The van der Waals surface area contributed by atoms with Gasteiger partial charge in [-0.05, 0) is 32.2 Å². The van der Waals surface area contributed by atoms with E-state index in [9.17, 15) is 9.59 Å². The van der Waals surface area contributed by atoms with Crippen LogP contribution in [0.1, 0.15) is 39.0 Å². The summed E-state index contributed by atoms with van der Waals surface area (Å²) in [5.41, 5.74) is 0. The fourth-order valence-corrected chi connectivity index (χ4v) is 2.35. The second-order valence-corrected chi connectivity index (χ2v) is 5.17. The Balaban J connectivity index is 1.61. The van der Waals surface area contributed by atoms with Crippen molar-refractivity contribution in [3.8, 4) is 0 Å². The van der Waals surface area contributed by atoms with Crippen molar-refractivity contribution in [1.29, 1.82) is 0 Å². The number of hydrogen-bond acceptors (Lipinski definition) is 3. The van der Waals surface area contributed by atoms with Crippen LogP contribution in [0.5, 0.6) is 0 Å². The van der Waals surface area contributed by atoms with Crippen LogP contribution in [0.15, 0.2) is 0 Å². The van der Waals surface area contributed by atoms with E-state index in [2.05, 4.69) is 10.6 Å². The zero-order chi connectivity index (χ0) is 13.0. The zero-order valence-electron chi connectivity index (χ0n) is 11.1. The zero-order valence-corrected chi connectivity index (χ0v) is 11.1. The Kier molecular flexibility index (Phi) is 4.58. The van der Waals surface area contributed by atoms with E-state index in [-0.39, 0.29) is 17.9 Å². The minimum atomic E-state index is -0.00436. The molecule has 1 heterocycles. The lowest BCUT2D eigenvalue weighted by Gasteiger charge is -2.16. The number of nitrogens with one attached hydrogen (secondary N) is 2. The molecular weight excluding hydrogens is 230 g/mol. The summed E-state index contributed by atoms with van der Waals surface area (Å²) in [5.74, 6) is 0.326. The summed E-state index contributed by atoms with van der Waals surface area (Å²) < 4.78 is 0. The van der Waals surface area contributed by atoms with Gasteiger partial charge < -0.3 is 15.5 Å². The third-order valence-electron chi connectivity index (χ3n) is 3.52. The lowest BCUT2D eigenvalue weighted by molar-refractivity contribution is -0.130. The van der Waals surface area contributed by atoms with Crippen LogP contribution in [0, 0.1) is 0 Å². The molecule has 0 bridgehead atoms. The Labute approximate surface area is 108 Å². The van der Waals surface area contributed by atoms with Crippen LogP contribution in [0.25, 0.3) is 0 Å². The SMILES string of the molecule is CCNC1CCN(CCCC(=O)NC2CC2)C1=O. The molecule has 2 aliphatic rings. The van der Waals surface area contributed by atoms with Gasteiger partial charge in [0.25, 0.3) is 0 Å². The van der Waals surface area contributed by atoms with Crippen LogP contribution in [0.4, 0.5) is 0 Å². The van der Waals surface area contributed by atoms with Gasteiger partial charge in [0.15, 0.2) is 0 Å². The predicted molar refractivity (Wildman–Crippen MR) is 69.1 cm³/mol. The second-order valence-electron chi connectivity index (χ2n) is 5.17. The van der Waals surface area contributed by atoms with Gasteiger partial charge in [-0.2, -0.15) is 0 Å². The van der Waals surface area contributed by atoms with Gasteiger partial charge in [-0.1, -0.05) is 6.92 Å². The summed E-state index contributed by atoms with van der Waals surface area (Å²) in [4.78, 5) is 25.3. The lowest BCUT2D eigenvalue weighted by atomic mass is 10.2. The monoisotopic (exact) mass is 253 g/mol. The van der Waals surface area contributed by atoms with E-state index in [0.29, 0.717) is 19.0 Å². The summed E-state index contributed by atoms with van der Waals surface area (Å²) in [7, 11) is 0. The smallest absolute Gasteiger partial charge is 0.239 e. The normalized spacial score (nSPS) is 23.5. The highest BCUT2D eigenvalue weighted by atomic mass is 16.2. The van der Waals surface area contributed by atoms with E-state index in [1.807, 2.05) is 11.8 Å². The molecule has 5 heteroatoms. The van der Waals surface area contributed by atoms with Gasteiger partial charge in [0, 0.05) is 25.6 Å². The average molecular weight is 253 g/mol. The van der Waals surface area contributed by atoms with Crippen LogP contribution in [-0.4, -0.2) is 48.4 Å². The molecule has 18 heavy (non-hydrogen) atoms. The molecule has 1 saturated heterocycles. The van der Waals surface area contributed by atoms with Crippen LogP contribution < -0.4 is 10.6 Å². The highest BCUT2D eigenvalue weighted by Crippen LogP contribution is 2.19. The van der Waals surface area contributed by atoms with E-state index in [1.54, 1.807) is 0 Å². The van der Waals surface area contributed by atoms with Gasteiger partial charge in [0.2, 0.25) is 11.8 Å². The number of carbonyl (C=O) groups excluding carboxylic acids is 2. The minimum Gasteiger partial charge on any atom is -0.353 e. The van der Waals surface area contributed by atoms with E-state index >= 15 is 0 Å². The topological polar surface area (TPSA) is 61.4 Å². The van der Waals surface area contributed by atoms with Crippen molar-refractivity contribution in [3.05, 3.63) is 0 Å². The number of carbonyl (C=O) groups is 2. The van der Waals surface area contributed by atoms with Crippen molar-refractivity contribution < 1.29 is 9.59 Å². The lowest BCUT2D eigenvalue weighted by Crippen LogP contribution is -2.38. The van der Waals surface area contributed by atoms with Gasteiger partial charge in [0.1, 0.15) is 0 Å². The Hall–Kier alpha value is -1.10. The first kappa shape index (κ1) is 13.3. The maximum Gasteiger partial charge on any atom is 0.239 e. The molecule has 0 aromatic carbocycles. The summed E-state index contributed by atoms with van der Waals surface area (Å²) in [6.45, 7) is 4.37. The third kappa shape index (κ3) is 3.70. The van der Waals surface area contributed by atoms with E-state index in [0.717, 1.165) is 38.8 Å². The van der Waals surface area contributed by atoms with Gasteiger partial charge in [-0.25, -0.2) is 0 Å². The average Bonchev–Trinajstić information content (AvgIpc) is 3.08. The Bertz CT molecular complexity index is 315. The molecule has 2 rings (SSSR count). The molecular formula is C13H23N3O2. The van der Waals surface area contributed by atoms with Crippen molar-refractivity contribution in [3.63, 3.8) is 0 Å². The van der Waals surface area contributed by atoms with Crippen LogP contribution in [0.3, 0.4) is 0 Å². The maximum atomic E-state index is 11.9. The fourth-order valence-electron chi connectivity index (χ4n) is 2.35. The molecule has 1 atom stereocenters. The van der Waals surface area contributed by atoms with E-state index < -0.39 is 0 Å². The summed E-state index contributed by atoms with van der Waals surface area (Å²) >= 11 is 0. The summed E-state index contributed by atoms with van der Waals surface area (Å²) in [6, 6.07) is 0.430. The number of likely N-dealkylation sites (tertiary alicyclic amines) is 1. The van der Waals surface area contributed by atoms with Gasteiger partial charge >= 0.3 is 0 Å². The molecule has 0 radical (unpaired) electrons. The minimum absolute atomic E-state index is 0.00436. The fraction of sp³-hybridized carbons (Fsp3) is 0.846. The predicted octanol–water partition coefficient (Wildman–Crippen LogP) is 0.256. The molecule has 0 aromatic rings. The van der Waals surface area contributed by atoms with E-state index in [1.165, 1.54) is 0 Å². The first-order chi connectivity index (χ1) is 8.70. The molecule has 102 valence electrons. The van der Waals surface area contributed by atoms with Crippen molar-refractivity contribution >= 4 is 11.8 Å². The number of likely N-dealkylation sites (N-methyl/N-ethyl adjacent to an activating group) is 1. The molecule has 1 saturated carbocycles. The number of nitrogens with zero attached hydrogens (tertiary/aromatic N) is 1. The number of amides is 2. The molecule has 0 spiro atoms. The molecule has 0 aromatic heterocycles. The van der Waals surface area contributed by atoms with Crippen LogP contribution >= 0.6 is 0 Å². The van der Waals surface area contributed by atoms with Crippen molar-refractivity contribution in [2.45, 2.75) is 51.1 Å². The second kappa shape index (κ2) is 6.18. The highest BCUT2D eigenvalue weighted by Gasteiger charge is 2.30. The standard InChI is InChI=1S/C13H23N3O2/c1-2-14-11-7-9-16(13(11)18)8-3-4-12(17)15-10-5-6-10/h10-11,14H,2-9H2,1H3,(H,15,17). The largest absolute Gasteiger partial charge is 0.353 e. The van der Waals surface area contributed by atoms with Gasteiger partial charge in [-0.3, -0.25) is 9.59 Å². The van der Waals surface area contributed by atoms with Crippen molar-refractivity contribution in [2.24, 2.45) is 0 Å². The molecule has 2 N–H and O–H groups in total. The first-order valence-corrected chi connectivity index (χ1v) is 7.02. The quantitative estimate of drug-likeness (QED) is 0.684. The Morgan fingerprint density at radius 1 is 1.39 bits per heavy atom. The van der Waals surface area contributed by atoms with Crippen molar-refractivity contribution in [2.75, 3.05) is 19.6 Å². The molecule has 2 fully saturated rings. The third-order valence-corrected chi connectivity index (χ3v) is 3.52. The summed E-state index contributed by atoms with van der Waals surface area (Å²) in [5, 5.41) is 6.15. The molecule has 1 unspecified atom stereocenters. The van der Waals surface area contributed by atoms with Gasteiger partial charge in [0.05, 0.1) is 6.04 Å².